The summed E-state index contributed by atoms with van der Waals surface area (Å²) >= 11 is 7.10. The van der Waals surface area contributed by atoms with E-state index in [9.17, 15) is 4.79 Å². The van der Waals surface area contributed by atoms with Crippen molar-refractivity contribution in [1.82, 2.24) is 4.98 Å². The van der Waals surface area contributed by atoms with E-state index in [0.29, 0.717) is 9.88 Å². The molecular formula is C12H10ClNO3S. The third-order valence-electron chi connectivity index (χ3n) is 2.27. The van der Waals surface area contributed by atoms with E-state index in [1.54, 1.807) is 7.11 Å². The molecule has 6 heteroatoms. The minimum atomic E-state index is -0.480. The monoisotopic (exact) mass is 283 g/mol. The van der Waals surface area contributed by atoms with Gasteiger partial charge < -0.3 is 9.47 Å². The number of thiazole rings is 1. The van der Waals surface area contributed by atoms with Crippen LogP contribution in [-0.4, -0.2) is 25.2 Å². The van der Waals surface area contributed by atoms with E-state index in [-0.39, 0.29) is 5.15 Å². The van der Waals surface area contributed by atoms with Crippen LogP contribution in [0.15, 0.2) is 24.3 Å². The first-order valence-corrected chi connectivity index (χ1v) is 6.24. The predicted octanol–water partition coefficient (Wildman–Crippen LogP) is 3.26. The van der Waals surface area contributed by atoms with Crippen molar-refractivity contribution in [3.05, 3.63) is 34.3 Å². The molecular weight excluding hydrogens is 274 g/mol. The fraction of sp³-hybridized carbons (Fsp3) is 0.167. The lowest BCUT2D eigenvalue weighted by molar-refractivity contribution is 0.0606. The van der Waals surface area contributed by atoms with E-state index in [2.05, 4.69) is 9.72 Å². The van der Waals surface area contributed by atoms with Crippen LogP contribution < -0.4 is 4.74 Å². The Labute approximate surface area is 113 Å². The number of hydrogen-bond acceptors (Lipinski definition) is 5. The molecule has 0 amide bonds. The number of aromatic nitrogens is 1. The standard InChI is InChI=1S/C12H10ClNO3S/c1-16-8-5-3-4-7(6-8)11-14-10(13)9(18-11)12(15)17-2/h3-6H,1-2H3. The van der Waals surface area contributed by atoms with Gasteiger partial charge in [0.05, 0.1) is 14.2 Å². The van der Waals surface area contributed by atoms with Crippen molar-refractivity contribution >= 4 is 28.9 Å². The highest BCUT2D eigenvalue weighted by atomic mass is 35.5. The van der Waals surface area contributed by atoms with Crippen molar-refractivity contribution in [3.8, 4) is 16.3 Å². The number of carbonyl (C=O) groups is 1. The van der Waals surface area contributed by atoms with Gasteiger partial charge in [0, 0.05) is 5.56 Å². The molecule has 0 atom stereocenters. The lowest BCUT2D eigenvalue weighted by atomic mass is 10.2. The fourth-order valence-electron chi connectivity index (χ4n) is 1.40. The summed E-state index contributed by atoms with van der Waals surface area (Å²) < 4.78 is 9.77. The van der Waals surface area contributed by atoms with Crippen LogP contribution in [0.2, 0.25) is 5.15 Å². The van der Waals surface area contributed by atoms with E-state index in [4.69, 9.17) is 16.3 Å². The van der Waals surface area contributed by atoms with Crippen LogP contribution in [0.5, 0.6) is 5.75 Å². The number of esters is 1. The molecule has 0 unspecified atom stereocenters. The number of hydrogen-bond donors (Lipinski definition) is 0. The lowest BCUT2D eigenvalue weighted by Gasteiger charge is -2.00. The average Bonchev–Trinajstić information content (AvgIpc) is 2.80. The Bertz CT molecular complexity index is 582. The van der Waals surface area contributed by atoms with Crippen molar-refractivity contribution in [2.75, 3.05) is 14.2 Å². The van der Waals surface area contributed by atoms with Crippen molar-refractivity contribution in [3.63, 3.8) is 0 Å². The Morgan fingerprint density at radius 3 is 2.83 bits per heavy atom. The van der Waals surface area contributed by atoms with Gasteiger partial charge in [0.15, 0.2) is 10.0 Å². The van der Waals surface area contributed by atoms with Crippen LogP contribution in [0.25, 0.3) is 10.6 Å². The zero-order chi connectivity index (χ0) is 13.1. The van der Waals surface area contributed by atoms with E-state index < -0.39 is 5.97 Å². The van der Waals surface area contributed by atoms with Crippen molar-refractivity contribution in [2.24, 2.45) is 0 Å². The summed E-state index contributed by atoms with van der Waals surface area (Å²) in [6, 6.07) is 7.39. The molecule has 0 bridgehead atoms. The first-order chi connectivity index (χ1) is 8.65. The first-order valence-electron chi connectivity index (χ1n) is 5.04. The molecule has 94 valence electrons. The maximum atomic E-state index is 11.4. The molecule has 0 spiro atoms. The van der Waals surface area contributed by atoms with Gasteiger partial charge >= 0.3 is 5.97 Å². The van der Waals surface area contributed by atoms with E-state index in [1.807, 2.05) is 24.3 Å². The van der Waals surface area contributed by atoms with Crippen LogP contribution in [0, 0.1) is 0 Å². The maximum absolute atomic E-state index is 11.4. The number of methoxy groups -OCH3 is 2. The van der Waals surface area contributed by atoms with Crippen LogP contribution >= 0.6 is 22.9 Å². The Morgan fingerprint density at radius 2 is 2.17 bits per heavy atom. The summed E-state index contributed by atoms with van der Waals surface area (Å²) in [5.74, 6) is 0.241. The third kappa shape index (κ3) is 2.47. The number of ether oxygens (including phenoxy) is 2. The van der Waals surface area contributed by atoms with Gasteiger partial charge in [-0.25, -0.2) is 9.78 Å². The second-order valence-corrected chi connectivity index (χ2v) is 4.72. The zero-order valence-electron chi connectivity index (χ0n) is 9.77. The molecule has 1 heterocycles. The number of nitrogens with zero attached hydrogens (tertiary/aromatic N) is 1. The van der Waals surface area contributed by atoms with Gasteiger partial charge in [-0.2, -0.15) is 0 Å². The molecule has 0 fully saturated rings. The van der Waals surface area contributed by atoms with Crippen molar-refractivity contribution in [1.29, 1.82) is 0 Å². The van der Waals surface area contributed by atoms with Gasteiger partial charge in [-0.3, -0.25) is 0 Å². The molecule has 1 aromatic carbocycles. The van der Waals surface area contributed by atoms with Crippen LogP contribution in [-0.2, 0) is 4.74 Å². The quantitative estimate of drug-likeness (QED) is 0.811. The second-order valence-electron chi connectivity index (χ2n) is 3.36. The van der Waals surface area contributed by atoms with Gasteiger partial charge in [0.25, 0.3) is 0 Å². The summed E-state index contributed by atoms with van der Waals surface area (Å²) in [6.07, 6.45) is 0. The molecule has 1 aromatic heterocycles. The topological polar surface area (TPSA) is 48.4 Å². The summed E-state index contributed by atoms with van der Waals surface area (Å²) in [4.78, 5) is 15.9. The molecule has 0 aliphatic carbocycles. The van der Waals surface area contributed by atoms with Crippen LogP contribution in [0.4, 0.5) is 0 Å². The Balaban J connectivity index is 2.42. The zero-order valence-corrected chi connectivity index (χ0v) is 11.3. The van der Waals surface area contributed by atoms with E-state index >= 15 is 0 Å². The van der Waals surface area contributed by atoms with Gasteiger partial charge in [-0.15, -0.1) is 11.3 Å². The number of carbonyl (C=O) groups excluding carboxylic acids is 1. The highest BCUT2D eigenvalue weighted by Gasteiger charge is 2.18. The van der Waals surface area contributed by atoms with Gasteiger partial charge in [0.2, 0.25) is 0 Å². The Morgan fingerprint density at radius 1 is 1.39 bits per heavy atom. The molecule has 0 N–H and O–H groups in total. The van der Waals surface area contributed by atoms with E-state index in [1.165, 1.54) is 18.4 Å². The number of benzene rings is 1. The van der Waals surface area contributed by atoms with Crippen molar-refractivity contribution in [2.45, 2.75) is 0 Å². The molecule has 4 nitrogen and oxygen atoms in total. The molecule has 18 heavy (non-hydrogen) atoms. The van der Waals surface area contributed by atoms with Crippen LogP contribution in [0.1, 0.15) is 9.67 Å². The number of rotatable bonds is 3. The molecule has 2 aromatic rings. The normalized spacial score (nSPS) is 10.2. The molecule has 0 saturated heterocycles. The van der Waals surface area contributed by atoms with Gasteiger partial charge in [-0.1, -0.05) is 23.7 Å². The average molecular weight is 284 g/mol. The highest BCUT2D eigenvalue weighted by Crippen LogP contribution is 2.32. The van der Waals surface area contributed by atoms with Gasteiger partial charge in [-0.05, 0) is 12.1 Å². The minimum absolute atomic E-state index is 0.157. The lowest BCUT2D eigenvalue weighted by Crippen LogP contribution is -1.98. The van der Waals surface area contributed by atoms with Gasteiger partial charge in [0.1, 0.15) is 10.8 Å². The highest BCUT2D eigenvalue weighted by molar-refractivity contribution is 7.17. The van der Waals surface area contributed by atoms with E-state index in [0.717, 1.165) is 11.3 Å². The summed E-state index contributed by atoms with van der Waals surface area (Å²) in [5.41, 5.74) is 0.844. The molecule has 2 rings (SSSR count). The third-order valence-corrected chi connectivity index (χ3v) is 3.74. The Kier molecular flexibility index (Phi) is 3.84. The summed E-state index contributed by atoms with van der Waals surface area (Å²) in [6.45, 7) is 0. The number of halogens is 1. The predicted molar refractivity (Wildman–Crippen MR) is 70.5 cm³/mol. The molecule has 0 aliphatic heterocycles. The maximum Gasteiger partial charge on any atom is 0.351 e. The van der Waals surface area contributed by atoms with Crippen LogP contribution in [0.3, 0.4) is 0 Å². The molecule has 0 aliphatic rings. The SMILES string of the molecule is COC(=O)c1sc(-c2cccc(OC)c2)nc1Cl. The first kappa shape index (κ1) is 12.9. The largest absolute Gasteiger partial charge is 0.497 e. The second kappa shape index (κ2) is 5.37. The molecule has 0 radical (unpaired) electrons. The summed E-state index contributed by atoms with van der Waals surface area (Å²) in [7, 11) is 2.90. The van der Waals surface area contributed by atoms with Crippen molar-refractivity contribution < 1.29 is 14.3 Å². The molecule has 0 saturated carbocycles. The Hall–Kier alpha value is -1.59. The minimum Gasteiger partial charge on any atom is -0.497 e. The smallest absolute Gasteiger partial charge is 0.351 e. The fourth-order valence-corrected chi connectivity index (χ4v) is 2.60. The summed E-state index contributed by atoms with van der Waals surface area (Å²) in [5, 5.41) is 0.809.